The van der Waals surface area contributed by atoms with Crippen LogP contribution in [-0.2, 0) is 4.74 Å². The van der Waals surface area contributed by atoms with E-state index in [1.807, 2.05) is 42.5 Å². The number of ether oxygens (including phenoxy) is 1. The Kier molecular flexibility index (Phi) is 6.94. The molecule has 0 spiro atoms. The third kappa shape index (κ3) is 4.87. The van der Waals surface area contributed by atoms with Gasteiger partial charge < -0.3 is 20.3 Å². The highest BCUT2D eigenvalue weighted by molar-refractivity contribution is 7.21. The Morgan fingerprint density at radius 2 is 1.91 bits per heavy atom. The molecule has 4 heterocycles. The predicted molar refractivity (Wildman–Crippen MR) is 137 cm³/mol. The van der Waals surface area contributed by atoms with Gasteiger partial charge in [-0.15, -0.1) is 11.3 Å². The zero-order valence-electron chi connectivity index (χ0n) is 19.5. The molecule has 3 aliphatic heterocycles. The Bertz CT molecular complexity index is 1180. The van der Waals surface area contributed by atoms with Gasteiger partial charge in [-0.25, -0.2) is 0 Å². The van der Waals surface area contributed by atoms with E-state index in [0.717, 1.165) is 52.1 Å². The summed E-state index contributed by atoms with van der Waals surface area (Å²) in [5.41, 5.74) is 2.64. The largest absolute Gasteiger partial charge is 0.385 e. The molecule has 2 aromatic carbocycles. The molecule has 1 aromatic heterocycles. The Morgan fingerprint density at radius 3 is 2.68 bits per heavy atom. The van der Waals surface area contributed by atoms with Crippen molar-refractivity contribution in [1.29, 1.82) is 0 Å². The maximum atomic E-state index is 13.1. The number of carbonyl (C=O) groups excluding carboxylic acids is 2. The van der Waals surface area contributed by atoms with E-state index in [2.05, 4.69) is 21.6 Å². The average Bonchev–Trinajstić information content (AvgIpc) is 3.32. The van der Waals surface area contributed by atoms with Crippen molar-refractivity contribution < 1.29 is 14.3 Å². The zero-order chi connectivity index (χ0) is 23.5. The van der Waals surface area contributed by atoms with Crippen LogP contribution in [0.15, 0.2) is 48.5 Å². The minimum Gasteiger partial charge on any atom is -0.385 e. The molecular weight excluding hydrogens is 446 g/mol. The number of piperidine rings is 3. The van der Waals surface area contributed by atoms with Crippen LogP contribution >= 0.6 is 11.3 Å². The van der Waals surface area contributed by atoms with Gasteiger partial charge in [-0.2, -0.15) is 0 Å². The van der Waals surface area contributed by atoms with Crippen molar-refractivity contribution in [2.45, 2.75) is 25.3 Å². The van der Waals surface area contributed by atoms with E-state index in [1.165, 1.54) is 24.2 Å². The molecule has 1 atom stereocenters. The smallest absolute Gasteiger partial charge is 0.261 e. The van der Waals surface area contributed by atoms with Crippen LogP contribution in [0.3, 0.4) is 0 Å². The van der Waals surface area contributed by atoms with Crippen molar-refractivity contribution in [3.8, 4) is 11.1 Å². The lowest BCUT2D eigenvalue weighted by molar-refractivity contribution is 0.0622. The topological polar surface area (TPSA) is 70.7 Å². The Hall–Kier alpha value is -2.74. The summed E-state index contributed by atoms with van der Waals surface area (Å²) in [7, 11) is 1.66. The molecule has 0 saturated carbocycles. The minimum atomic E-state index is -0.0890. The molecule has 3 fully saturated rings. The fourth-order valence-electron chi connectivity index (χ4n) is 5.12. The Balaban J connectivity index is 1.35. The summed E-state index contributed by atoms with van der Waals surface area (Å²) in [6.07, 6.45) is 3.14. The van der Waals surface area contributed by atoms with Crippen LogP contribution in [0, 0.1) is 5.92 Å². The van der Waals surface area contributed by atoms with Gasteiger partial charge in [0.05, 0.1) is 4.88 Å². The van der Waals surface area contributed by atoms with E-state index in [9.17, 15) is 9.59 Å². The molecule has 2 amide bonds. The Labute approximate surface area is 204 Å². The number of rotatable bonds is 8. The lowest BCUT2D eigenvalue weighted by Gasteiger charge is -2.44. The minimum absolute atomic E-state index is 0.0232. The number of amides is 2. The molecule has 2 bridgehead atoms. The third-order valence-corrected chi connectivity index (χ3v) is 8.17. The second-order valence-electron chi connectivity index (χ2n) is 9.24. The highest BCUT2D eigenvalue weighted by Crippen LogP contribution is 2.36. The molecule has 2 N–H and O–H groups in total. The summed E-state index contributed by atoms with van der Waals surface area (Å²) in [6, 6.07) is 16.0. The molecule has 3 aliphatic rings. The summed E-state index contributed by atoms with van der Waals surface area (Å²) < 4.78 is 6.11. The van der Waals surface area contributed by atoms with Gasteiger partial charge in [0.25, 0.3) is 11.8 Å². The SMILES string of the molecule is COCCCNC(=O)c1cccc(-c2cccc3cc(C(=O)N[C@H]4CN5CCC4CC5)sc23)c1. The van der Waals surface area contributed by atoms with Crippen LogP contribution in [-0.4, -0.2) is 62.7 Å². The molecule has 0 radical (unpaired) electrons. The first-order valence-corrected chi connectivity index (χ1v) is 12.9. The first kappa shape index (κ1) is 23.0. The summed E-state index contributed by atoms with van der Waals surface area (Å²) in [5, 5.41) is 7.31. The van der Waals surface area contributed by atoms with Gasteiger partial charge in [0.15, 0.2) is 0 Å². The molecule has 0 unspecified atom stereocenters. The van der Waals surface area contributed by atoms with Gasteiger partial charge >= 0.3 is 0 Å². The van der Waals surface area contributed by atoms with Crippen molar-refractivity contribution in [3.63, 3.8) is 0 Å². The van der Waals surface area contributed by atoms with Crippen molar-refractivity contribution in [2.75, 3.05) is 39.9 Å². The average molecular weight is 478 g/mol. The van der Waals surface area contributed by atoms with Gasteiger partial charge in [-0.3, -0.25) is 9.59 Å². The lowest BCUT2D eigenvalue weighted by Crippen LogP contribution is -2.57. The fraction of sp³-hybridized carbons (Fsp3) is 0.407. The van der Waals surface area contributed by atoms with Crippen LogP contribution in [0.4, 0.5) is 0 Å². The van der Waals surface area contributed by atoms with Crippen LogP contribution in [0.25, 0.3) is 21.2 Å². The number of carbonyl (C=O) groups is 2. The summed E-state index contributed by atoms with van der Waals surface area (Å²) in [6.45, 7) is 4.49. The zero-order valence-corrected chi connectivity index (χ0v) is 20.3. The molecule has 34 heavy (non-hydrogen) atoms. The van der Waals surface area contributed by atoms with E-state index < -0.39 is 0 Å². The number of hydrogen-bond acceptors (Lipinski definition) is 5. The number of benzene rings is 2. The van der Waals surface area contributed by atoms with E-state index in [0.29, 0.717) is 24.6 Å². The molecule has 6 rings (SSSR count). The van der Waals surface area contributed by atoms with Crippen molar-refractivity contribution in [3.05, 3.63) is 59.0 Å². The number of nitrogens with one attached hydrogen (secondary N) is 2. The lowest BCUT2D eigenvalue weighted by atomic mass is 9.84. The first-order valence-electron chi connectivity index (χ1n) is 12.1. The molecule has 3 saturated heterocycles. The highest BCUT2D eigenvalue weighted by atomic mass is 32.1. The van der Waals surface area contributed by atoms with E-state index in [-0.39, 0.29) is 17.9 Å². The molecule has 0 aliphatic carbocycles. The van der Waals surface area contributed by atoms with Crippen LogP contribution in [0.5, 0.6) is 0 Å². The van der Waals surface area contributed by atoms with Gasteiger partial charge in [0.1, 0.15) is 0 Å². The highest BCUT2D eigenvalue weighted by Gasteiger charge is 2.35. The van der Waals surface area contributed by atoms with Crippen molar-refractivity contribution in [2.24, 2.45) is 5.92 Å². The van der Waals surface area contributed by atoms with Gasteiger partial charge in [-0.1, -0.05) is 30.3 Å². The second kappa shape index (κ2) is 10.3. The van der Waals surface area contributed by atoms with Crippen LogP contribution in [0.1, 0.15) is 39.3 Å². The van der Waals surface area contributed by atoms with Crippen LogP contribution < -0.4 is 10.6 Å². The predicted octanol–water partition coefficient (Wildman–Crippen LogP) is 4.16. The number of fused-ring (bicyclic) bond motifs is 4. The van der Waals surface area contributed by atoms with Gasteiger partial charge in [0.2, 0.25) is 0 Å². The maximum Gasteiger partial charge on any atom is 0.261 e. The molecule has 7 heteroatoms. The van der Waals surface area contributed by atoms with E-state index in [1.54, 1.807) is 7.11 Å². The number of hydrogen-bond donors (Lipinski definition) is 2. The molecule has 178 valence electrons. The monoisotopic (exact) mass is 477 g/mol. The van der Waals surface area contributed by atoms with E-state index >= 15 is 0 Å². The van der Waals surface area contributed by atoms with Gasteiger partial charge in [0, 0.05) is 43.1 Å². The molecule has 3 aromatic rings. The summed E-state index contributed by atoms with van der Waals surface area (Å²) in [4.78, 5) is 28.9. The van der Waals surface area contributed by atoms with Crippen molar-refractivity contribution in [1.82, 2.24) is 15.5 Å². The molecule has 6 nitrogen and oxygen atoms in total. The maximum absolute atomic E-state index is 13.1. The standard InChI is InChI=1S/C27H31N3O3S/c1-33-14-4-11-28-26(31)21-7-2-5-19(15-21)22-8-3-6-20-16-24(34-25(20)22)27(32)29-23-17-30-12-9-18(23)10-13-30/h2-3,5-8,15-16,18,23H,4,9-14,17H2,1H3,(H,28,31)(H,29,32)/t23-/m0/s1. The number of thiophene rings is 1. The second-order valence-corrected chi connectivity index (χ2v) is 10.3. The van der Waals surface area contributed by atoms with Crippen molar-refractivity contribution >= 4 is 33.2 Å². The Morgan fingerprint density at radius 1 is 1.09 bits per heavy atom. The number of nitrogens with zero attached hydrogens (tertiary/aromatic N) is 1. The first-order chi connectivity index (χ1) is 16.6. The number of methoxy groups -OCH3 is 1. The molecular formula is C27H31N3O3S. The van der Waals surface area contributed by atoms with E-state index in [4.69, 9.17) is 4.74 Å². The normalized spacial score (nSPS) is 21.5. The summed E-state index contributed by atoms with van der Waals surface area (Å²) in [5.74, 6) is 0.534. The quantitative estimate of drug-likeness (QED) is 0.478. The summed E-state index contributed by atoms with van der Waals surface area (Å²) >= 11 is 1.53. The van der Waals surface area contributed by atoms with Gasteiger partial charge in [-0.05, 0) is 73.0 Å². The van der Waals surface area contributed by atoms with Crippen LogP contribution in [0.2, 0.25) is 0 Å². The third-order valence-electron chi connectivity index (χ3n) is 6.99. The fourth-order valence-corrected chi connectivity index (χ4v) is 6.22.